The van der Waals surface area contributed by atoms with Crippen molar-refractivity contribution in [3.8, 4) is 0 Å². The number of esters is 2. The van der Waals surface area contributed by atoms with Gasteiger partial charge in [0.25, 0.3) is 0 Å². The Morgan fingerprint density at radius 2 is 1.85 bits per heavy atom. The second kappa shape index (κ2) is 3.93. The summed E-state index contributed by atoms with van der Waals surface area (Å²) in [6.45, 7) is 1.55. The van der Waals surface area contributed by atoms with Gasteiger partial charge in [0.2, 0.25) is 0 Å². The Morgan fingerprint density at radius 3 is 2.23 bits per heavy atom. The van der Waals surface area contributed by atoms with Gasteiger partial charge in [0.15, 0.2) is 0 Å². The summed E-state index contributed by atoms with van der Waals surface area (Å²) in [5.41, 5.74) is 0.259. The van der Waals surface area contributed by atoms with Gasteiger partial charge in [-0.15, -0.1) is 0 Å². The van der Waals surface area contributed by atoms with Crippen LogP contribution in [0.25, 0.3) is 0 Å². The van der Waals surface area contributed by atoms with Crippen molar-refractivity contribution in [1.82, 2.24) is 4.90 Å². The van der Waals surface area contributed by atoms with E-state index in [2.05, 4.69) is 9.47 Å². The molecular formula is C8H11NO4. The van der Waals surface area contributed by atoms with Crippen LogP contribution in [0.15, 0.2) is 11.8 Å². The van der Waals surface area contributed by atoms with Gasteiger partial charge in [-0.25, -0.2) is 9.59 Å². The Kier molecular flexibility index (Phi) is 2.89. The summed E-state index contributed by atoms with van der Waals surface area (Å²) >= 11 is 0. The summed E-state index contributed by atoms with van der Waals surface area (Å²) < 4.78 is 8.91. The summed E-state index contributed by atoms with van der Waals surface area (Å²) in [6, 6.07) is 0. The quantitative estimate of drug-likeness (QED) is 0.338. The molecule has 5 heteroatoms. The molecule has 0 bridgehead atoms. The van der Waals surface area contributed by atoms with Crippen molar-refractivity contribution in [3.63, 3.8) is 0 Å². The van der Waals surface area contributed by atoms with E-state index in [0.29, 0.717) is 0 Å². The summed E-state index contributed by atoms with van der Waals surface area (Å²) in [7, 11) is 2.53. The van der Waals surface area contributed by atoms with Crippen molar-refractivity contribution in [2.45, 2.75) is 0 Å². The molecule has 0 aliphatic carbocycles. The average Bonchev–Trinajstić information content (AvgIpc) is 2.95. The third-order valence-corrected chi connectivity index (χ3v) is 1.64. The maximum absolute atomic E-state index is 11.1. The van der Waals surface area contributed by atoms with Gasteiger partial charge in [0, 0.05) is 13.1 Å². The van der Waals surface area contributed by atoms with Crippen molar-refractivity contribution in [2.75, 3.05) is 27.3 Å². The van der Waals surface area contributed by atoms with E-state index in [9.17, 15) is 9.59 Å². The molecule has 0 unspecified atom stereocenters. The lowest BCUT2D eigenvalue weighted by Crippen LogP contribution is -2.14. The van der Waals surface area contributed by atoms with E-state index in [4.69, 9.17) is 0 Å². The van der Waals surface area contributed by atoms with Crippen molar-refractivity contribution in [1.29, 1.82) is 0 Å². The standard InChI is InChI=1S/C8H11NO4/c1-12-7(10)5-6(8(11)13-2)9-3-4-9/h5H,3-4H2,1-2H3/b6-5-. The van der Waals surface area contributed by atoms with Gasteiger partial charge in [0.05, 0.1) is 20.3 Å². The molecule has 1 fully saturated rings. The van der Waals surface area contributed by atoms with Crippen LogP contribution in [0, 0.1) is 0 Å². The highest BCUT2D eigenvalue weighted by Crippen LogP contribution is 2.15. The summed E-state index contributed by atoms with van der Waals surface area (Å²) in [5, 5.41) is 0. The summed E-state index contributed by atoms with van der Waals surface area (Å²) in [5.74, 6) is -1.06. The molecule has 0 aromatic heterocycles. The zero-order valence-corrected chi connectivity index (χ0v) is 7.57. The third kappa shape index (κ3) is 2.47. The minimum Gasteiger partial charge on any atom is -0.466 e. The first-order valence-corrected chi connectivity index (χ1v) is 3.82. The number of rotatable bonds is 3. The highest BCUT2D eigenvalue weighted by molar-refractivity contribution is 5.96. The number of carbonyl (C=O) groups excluding carboxylic acids is 2. The number of hydrogen-bond acceptors (Lipinski definition) is 5. The van der Waals surface area contributed by atoms with E-state index in [0.717, 1.165) is 19.2 Å². The number of methoxy groups -OCH3 is 2. The fraction of sp³-hybridized carbons (Fsp3) is 0.500. The minimum absolute atomic E-state index is 0.259. The topological polar surface area (TPSA) is 55.6 Å². The smallest absolute Gasteiger partial charge is 0.354 e. The van der Waals surface area contributed by atoms with Crippen molar-refractivity contribution < 1.29 is 19.1 Å². The molecular weight excluding hydrogens is 174 g/mol. The number of carbonyl (C=O) groups is 2. The largest absolute Gasteiger partial charge is 0.466 e. The zero-order chi connectivity index (χ0) is 9.84. The maximum Gasteiger partial charge on any atom is 0.354 e. The summed E-state index contributed by atoms with van der Waals surface area (Å²) in [4.78, 5) is 23.7. The van der Waals surface area contributed by atoms with E-state index < -0.39 is 11.9 Å². The number of hydrogen-bond donors (Lipinski definition) is 0. The molecule has 0 aromatic carbocycles. The lowest BCUT2D eigenvalue weighted by molar-refractivity contribution is -0.139. The molecule has 0 amide bonds. The van der Waals surface area contributed by atoms with Crippen molar-refractivity contribution in [3.05, 3.63) is 11.8 Å². The number of nitrogens with zero attached hydrogens (tertiary/aromatic N) is 1. The van der Waals surface area contributed by atoms with Crippen LogP contribution in [0.2, 0.25) is 0 Å². The Balaban J connectivity index is 2.71. The molecule has 0 spiro atoms. The average molecular weight is 185 g/mol. The monoisotopic (exact) mass is 185 g/mol. The first-order chi connectivity index (χ1) is 6.19. The van der Waals surface area contributed by atoms with Gasteiger partial charge < -0.3 is 14.4 Å². The van der Waals surface area contributed by atoms with Gasteiger partial charge in [-0.1, -0.05) is 0 Å². The van der Waals surface area contributed by atoms with E-state index in [1.165, 1.54) is 14.2 Å². The normalized spacial score (nSPS) is 15.2. The first kappa shape index (κ1) is 9.57. The number of ether oxygens (including phenoxy) is 2. The van der Waals surface area contributed by atoms with Crippen LogP contribution in [0.5, 0.6) is 0 Å². The molecule has 1 aliphatic rings. The molecule has 0 saturated carbocycles. The molecule has 0 N–H and O–H groups in total. The molecule has 1 saturated heterocycles. The van der Waals surface area contributed by atoms with E-state index in [1.54, 1.807) is 4.90 Å². The van der Waals surface area contributed by atoms with Crippen LogP contribution >= 0.6 is 0 Å². The lowest BCUT2D eigenvalue weighted by atomic mass is 10.4. The molecule has 0 atom stereocenters. The van der Waals surface area contributed by atoms with Gasteiger partial charge in [-0.3, -0.25) is 0 Å². The SMILES string of the molecule is COC(=O)/C=C(/C(=O)OC)N1CC1. The van der Waals surface area contributed by atoms with Crippen LogP contribution in [0.1, 0.15) is 0 Å². The Morgan fingerprint density at radius 1 is 1.23 bits per heavy atom. The van der Waals surface area contributed by atoms with Crippen molar-refractivity contribution in [2.24, 2.45) is 0 Å². The second-order valence-electron chi connectivity index (χ2n) is 2.53. The van der Waals surface area contributed by atoms with E-state index in [-0.39, 0.29) is 5.70 Å². The van der Waals surface area contributed by atoms with Crippen LogP contribution < -0.4 is 0 Å². The van der Waals surface area contributed by atoms with Crippen LogP contribution in [-0.4, -0.2) is 44.1 Å². The minimum atomic E-state index is -0.549. The van der Waals surface area contributed by atoms with E-state index >= 15 is 0 Å². The lowest BCUT2D eigenvalue weighted by Gasteiger charge is -2.05. The van der Waals surface area contributed by atoms with Crippen LogP contribution in [0.4, 0.5) is 0 Å². The highest BCUT2D eigenvalue weighted by atomic mass is 16.5. The Labute approximate surface area is 75.9 Å². The molecule has 1 rings (SSSR count). The van der Waals surface area contributed by atoms with Gasteiger partial charge in [-0.2, -0.15) is 0 Å². The van der Waals surface area contributed by atoms with E-state index in [1.807, 2.05) is 0 Å². The molecule has 5 nitrogen and oxygen atoms in total. The zero-order valence-electron chi connectivity index (χ0n) is 7.57. The molecule has 1 heterocycles. The fourth-order valence-corrected chi connectivity index (χ4v) is 0.845. The second-order valence-corrected chi connectivity index (χ2v) is 2.53. The Bertz CT molecular complexity index is 255. The van der Waals surface area contributed by atoms with Crippen molar-refractivity contribution >= 4 is 11.9 Å². The molecule has 13 heavy (non-hydrogen) atoms. The molecule has 72 valence electrons. The maximum atomic E-state index is 11.1. The predicted molar refractivity (Wildman–Crippen MR) is 43.7 cm³/mol. The Hall–Kier alpha value is -1.52. The van der Waals surface area contributed by atoms with Gasteiger partial charge in [0.1, 0.15) is 5.70 Å². The molecule has 0 aromatic rings. The third-order valence-electron chi connectivity index (χ3n) is 1.64. The molecule has 0 radical (unpaired) electrons. The highest BCUT2D eigenvalue weighted by Gasteiger charge is 2.27. The van der Waals surface area contributed by atoms with Crippen LogP contribution in [0.3, 0.4) is 0 Å². The van der Waals surface area contributed by atoms with Crippen LogP contribution in [-0.2, 0) is 19.1 Å². The summed E-state index contributed by atoms with van der Waals surface area (Å²) in [6.07, 6.45) is 1.14. The first-order valence-electron chi connectivity index (χ1n) is 3.82. The van der Waals surface area contributed by atoms with Gasteiger partial charge >= 0.3 is 11.9 Å². The molecule has 1 aliphatic heterocycles. The predicted octanol–water partition coefficient (Wildman–Crippen LogP) is -0.468. The fourth-order valence-electron chi connectivity index (χ4n) is 0.845. The van der Waals surface area contributed by atoms with Gasteiger partial charge in [-0.05, 0) is 0 Å².